The molecule has 0 aromatic carbocycles. The molecule has 1 aliphatic carbocycles. The van der Waals surface area contributed by atoms with Crippen LogP contribution in [0.15, 0.2) is 0 Å². The average Bonchev–Trinajstić information content (AvgIpc) is 1.94. The minimum atomic E-state index is -4.26. The fraction of sp³-hybridized carbons (Fsp3) is 0.857. The molecule has 88 valence electrons. The Morgan fingerprint density at radius 3 is 2.33 bits per heavy atom. The number of aliphatic hydroxyl groups is 1. The Morgan fingerprint density at radius 1 is 1.53 bits per heavy atom. The molecule has 0 heterocycles. The standard InChI is InChI=1S/C7H14NO6P/c8-7(6(10)11)1-4(2-7)5(9)3-15(12,13)14/h4-5,9H,1-3,8H2,(H,10,11)(H2,12,13,14)/t4?,5-,7?/m0/s1. The Hall–Kier alpha value is -0.460. The molecule has 6 N–H and O–H groups in total. The van der Waals surface area contributed by atoms with Crippen molar-refractivity contribution in [1.29, 1.82) is 0 Å². The van der Waals surface area contributed by atoms with Gasteiger partial charge >= 0.3 is 13.6 Å². The maximum absolute atomic E-state index is 10.6. The summed E-state index contributed by atoms with van der Waals surface area (Å²) in [6.07, 6.45) is -1.75. The highest BCUT2D eigenvalue weighted by atomic mass is 31.2. The van der Waals surface area contributed by atoms with Crippen LogP contribution in [0.2, 0.25) is 0 Å². The summed E-state index contributed by atoms with van der Waals surface area (Å²) >= 11 is 0. The van der Waals surface area contributed by atoms with E-state index >= 15 is 0 Å². The van der Waals surface area contributed by atoms with E-state index in [9.17, 15) is 14.5 Å². The molecular formula is C7H14NO6P. The van der Waals surface area contributed by atoms with Crippen LogP contribution in [0.3, 0.4) is 0 Å². The number of hydrogen-bond acceptors (Lipinski definition) is 4. The topological polar surface area (TPSA) is 141 Å². The molecule has 15 heavy (non-hydrogen) atoms. The first-order chi connectivity index (χ1) is 6.64. The fourth-order valence-corrected chi connectivity index (χ4v) is 2.50. The van der Waals surface area contributed by atoms with Gasteiger partial charge in [0, 0.05) is 0 Å². The molecule has 1 saturated carbocycles. The Balaban J connectivity index is 2.45. The molecule has 0 aliphatic heterocycles. The summed E-state index contributed by atoms with van der Waals surface area (Å²) < 4.78 is 10.6. The second kappa shape index (κ2) is 3.84. The van der Waals surface area contributed by atoms with Crippen molar-refractivity contribution in [2.75, 3.05) is 6.16 Å². The first-order valence-corrected chi connectivity index (χ1v) is 6.19. The Kier molecular flexibility index (Phi) is 3.23. The minimum absolute atomic E-state index is 0.0451. The van der Waals surface area contributed by atoms with Crippen LogP contribution in [-0.2, 0) is 9.36 Å². The summed E-state index contributed by atoms with van der Waals surface area (Å²) in [5, 5.41) is 18.0. The largest absolute Gasteiger partial charge is 0.480 e. The van der Waals surface area contributed by atoms with Gasteiger partial charge in [0.15, 0.2) is 0 Å². The second-order valence-electron chi connectivity index (χ2n) is 4.04. The van der Waals surface area contributed by atoms with Gasteiger partial charge in [-0.25, -0.2) is 0 Å². The lowest BCUT2D eigenvalue weighted by Crippen LogP contribution is -2.60. The lowest BCUT2D eigenvalue weighted by Gasteiger charge is -2.43. The van der Waals surface area contributed by atoms with Crippen LogP contribution >= 0.6 is 7.60 Å². The van der Waals surface area contributed by atoms with E-state index in [0.29, 0.717) is 0 Å². The Morgan fingerprint density at radius 2 is 2.00 bits per heavy atom. The van der Waals surface area contributed by atoms with E-state index in [1.165, 1.54) is 0 Å². The Labute approximate surface area is 86.1 Å². The lowest BCUT2D eigenvalue weighted by atomic mass is 9.67. The number of rotatable bonds is 4. The van der Waals surface area contributed by atoms with Gasteiger partial charge in [0.1, 0.15) is 5.54 Å². The molecule has 0 aromatic rings. The first kappa shape index (κ1) is 12.6. The van der Waals surface area contributed by atoms with Crippen LogP contribution in [0, 0.1) is 5.92 Å². The summed E-state index contributed by atoms with van der Waals surface area (Å²) in [4.78, 5) is 27.8. The molecule has 1 rings (SSSR count). The van der Waals surface area contributed by atoms with Crippen molar-refractivity contribution in [3.05, 3.63) is 0 Å². The molecule has 8 heteroatoms. The van der Waals surface area contributed by atoms with E-state index < -0.39 is 37.3 Å². The van der Waals surface area contributed by atoms with Crippen molar-refractivity contribution in [1.82, 2.24) is 0 Å². The maximum Gasteiger partial charge on any atom is 0.328 e. The fourth-order valence-electron chi connectivity index (χ4n) is 1.72. The Bertz CT molecular complexity index is 307. The van der Waals surface area contributed by atoms with Crippen LogP contribution in [0.5, 0.6) is 0 Å². The third-order valence-electron chi connectivity index (χ3n) is 2.65. The monoisotopic (exact) mass is 239 g/mol. The van der Waals surface area contributed by atoms with E-state index in [1.54, 1.807) is 0 Å². The summed E-state index contributed by atoms with van der Waals surface area (Å²) in [5.41, 5.74) is 4.09. The van der Waals surface area contributed by atoms with Gasteiger partial charge in [-0.3, -0.25) is 9.36 Å². The van der Waals surface area contributed by atoms with Gasteiger partial charge in [0.2, 0.25) is 0 Å². The highest BCUT2D eigenvalue weighted by molar-refractivity contribution is 7.51. The van der Waals surface area contributed by atoms with Gasteiger partial charge in [-0.15, -0.1) is 0 Å². The van der Waals surface area contributed by atoms with Crippen molar-refractivity contribution < 1.29 is 29.4 Å². The zero-order chi connectivity index (χ0) is 11.9. The number of carboxylic acid groups (broad SMARTS) is 1. The normalized spacial score (nSPS) is 33.2. The van der Waals surface area contributed by atoms with E-state index in [-0.39, 0.29) is 12.8 Å². The summed E-state index contributed by atoms with van der Waals surface area (Å²) in [6, 6.07) is 0. The van der Waals surface area contributed by atoms with Crippen LogP contribution in [0.1, 0.15) is 12.8 Å². The minimum Gasteiger partial charge on any atom is -0.480 e. The van der Waals surface area contributed by atoms with E-state index in [0.717, 1.165) is 0 Å². The van der Waals surface area contributed by atoms with Crippen molar-refractivity contribution in [2.24, 2.45) is 11.7 Å². The molecule has 0 amide bonds. The molecule has 0 aromatic heterocycles. The summed E-state index contributed by atoms with van der Waals surface area (Å²) in [7, 11) is -4.26. The van der Waals surface area contributed by atoms with E-state index in [4.69, 9.17) is 20.6 Å². The molecule has 0 bridgehead atoms. The van der Waals surface area contributed by atoms with Crippen LogP contribution in [0.4, 0.5) is 0 Å². The number of carbonyl (C=O) groups is 1. The zero-order valence-electron chi connectivity index (χ0n) is 7.91. The zero-order valence-corrected chi connectivity index (χ0v) is 8.80. The van der Waals surface area contributed by atoms with Crippen LogP contribution in [0.25, 0.3) is 0 Å². The van der Waals surface area contributed by atoms with E-state index in [1.807, 2.05) is 0 Å². The molecule has 1 fully saturated rings. The van der Waals surface area contributed by atoms with Gasteiger partial charge in [-0.05, 0) is 18.8 Å². The van der Waals surface area contributed by atoms with Gasteiger partial charge in [-0.1, -0.05) is 0 Å². The second-order valence-corrected chi connectivity index (χ2v) is 5.74. The molecule has 0 saturated heterocycles. The first-order valence-electron chi connectivity index (χ1n) is 4.39. The third kappa shape index (κ3) is 2.99. The molecule has 0 unspecified atom stereocenters. The quantitative estimate of drug-likeness (QED) is 0.384. The predicted octanol–water partition coefficient (Wildman–Crippen LogP) is -1.28. The highest BCUT2D eigenvalue weighted by Crippen LogP contribution is 2.43. The number of nitrogens with two attached hydrogens (primary N) is 1. The van der Waals surface area contributed by atoms with Crippen molar-refractivity contribution in [3.8, 4) is 0 Å². The molecular weight excluding hydrogens is 225 g/mol. The number of hydrogen-bond donors (Lipinski definition) is 5. The van der Waals surface area contributed by atoms with Gasteiger partial charge in [0.25, 0.3) is 0 Å². The number of aliphatic hydroxyl groups excluding tert-OH is 1. The molecule has 7 nitrogen and oxygen atoms in total. The van der Waals surface area contributed by atoms with Crippen molar-refractivity contribution >= 4 is 13.6 Å². The third-order valence-corrected chi connectivity index (χ3v) is 3.50. The number of carboxylic acids is 1. The predicted molar refractivity (Wildman–Crippen MR) is 50.2 cm³/mol. The molecule has 1 atom stereocenters. The maximum atomic E-state index is 10.6. The highest BCUT2D eigenvalue weighted by Gasteiger charge is 2.50. The van der Waals surface area contributed by atoms with E-state index in [2.05, 4.69) is 0 Å². The van der Waals surface area contributed by atoms with Crippen LogP contribution < -0.4 is 5.73 Å². The van der Waals surface area contributed by atoms with Gasteiger partial charge < -0.3 is 25.7 Å². The summed E-state index contributed by atoms with van der Waals surface area (Å²) in [6.45, 7) is 0. The number of aliphatic carboxylic acids is 1. The lowest BCUT2D eigenvalue weighted by molar-refractivity contribution is -0.150. The average molecular weight is 239 g/mol. The molecule has 1 aliphatic rings. The van der Waals surface area contributed by atoms with Crippen LogP contribution in [-0.4, -0.2) is 43.8 Å². The summed E-state index contributed by atoms with van der Waals surface area (Å²) in [5.74, 6) is -1.60. The SMILES string of the molecule is NC1(C(=O)O)CC([C@@H](O)CP(=O)(O)O)C1. The van der Waals surface area contributed by atoms with Crippen molar-refractivity contribution in [3.63, 3.8) is 0 Å². The smallest absolute Gasteiger partial charge is 0.328 e. The van der Waals surface area contributed by atoms with Gasteiger partial charge in [-0.2, -0.15) is 0 Å². The molecule has 0 spiro atoms. The molecule has 0 radical (unpaired) electrons. The van der Waals surface area contributed by atoms with Gasteiger partial charge in [0.05, 0.1) is 12.3 Å². The van der Waals surface area contributed by atoms with Crippen molar-refractivity contribution in [2.45, 2.75) is 24.5 Å².